The Labute approximate surface area is 145 Å². The number of ether oxygens (including phenoxy) is 2. The van der Waals surface area contributed by atoms with Gasteiger partial charge in [0.1, 0.15) is 5.00 Å². The highest BCUT2D eigenvalue weighted by Crippen LogP contribution is 2.38. The fourth-order valence-electron chi connectivity index (χ4n) is 2.76. The maximum Gasteiger partial charge on any atom is 0.341 e. The molecule has 0 unspecified atom stereocenters. The fraction of sp³-hybridized carbons (Fsp3) is 0.588. The van der Waals surface area contributed by atoms with E-state index in [9.17, 15) is 14.4 Å². The molecule has 7 heteroatoms. The van der Waals surface area contributed by atoms with Crippen LogP contribution in [0.4, 0.5) is 5.00 Å². The van der Waals surface area contributed by atoms with Gasteiger partial charge in [0.25, 0.3) is 0 Å². The predicted molar refractivity (Wildman–Crippen MR) is 91.4 cm³/mol. The number of esters is 2. The molecule has 0 aliphatic heterocycles. The molecule has 1 aliphatic carbocycles. The number of carbonyl (C=O) groups excluding carboxylic acids is 3. The number of fused-ring (bicyclic) bond motifs is 1. The SMILES string of the molecule is CCOC(=O)c1c(NC(=O)CCC(=O)OC)sc2c1CCCCC2. The molecule has 0 saturated heterocycles. The largest absolute Gasteiger partial charge is 0.469 e. The maximum absolute atomic E-state index is 12.4. The lowest BCUT2D eigenvalue weighted by molar-refractivity contribution is -0.141. The maximum atomic E-state index is 12.4. The van der Waals surface area contributed by atoms with Gasteiger partial charge in [0, 0.05) is 11.3 Å². The van der Waals surface area contributed by atoms with Crippen LogP contribution in [0.5, 0.6) is 0 Å². The Morgan fingerprint density at radius 2 is 1.88 bits per heavy atom. The fourth-order valence-corrected chi connectivity index (χ4v) is 4.05. The van der Waals surface area contributed by atoms with Gasteiger partial charge >= 0.3 is 11.9 Å². The molecule has 1 aromatic rings. The molecule has 132 valence electrons. The Hall–Kier alpha value is -1.89. The molecule has 6 nitrogen and oxygen atoms in total. The van der Waals surface area contributed by atoms with Crippen LogP contribution in [-0.4, -0.2) is 31.6 Å². The second-order valence-corrected chi connectivity index (χ2v) is 6.72. The van der Waals surface area contributed by atoms with Crippen molar-refractivity contribution in [3.63, 3.8) is 0 Å². The first-order chi connectivity index (χ1) is 11.6. The van der Waals surface area contributed by atoms with Gasteiger partial charge in [-0.1, -0.05) is 6.42 Å². The van der Waals surface area contributed by atoms with Gasteiger partial charge in [-0.25, -0.2) is 4.79 Å². The Balaban J connectivity index is 2.20. The van der Waals surface area contributed by atoms with Crippen molar-refractivity contribution in [3.05, 3.63) is 16.0 Å². The highest BCUT2D eigenvalue weighted by molar-refractivity contribution is 7.17. The first-order valence-corrected chi connectivity index (χ1v) is 9.06. The summed E-state index contributed by atoms with van der Waals surface area (Å²) in [6, 6.07) is 0. The average Bonchev–Trinajstić information content (AvgIpc) is 2.73. The smallest absolute Gasteiger partial charge is 0.341 e. The average molecular weight is 353 g/mol. The molecule has 1 aromatic heterocycles. The second kappa shape index (κ2) is 8.82. The van der Waals surface area contributed by atoms with Crippen LogP contribution in [0.2, 0.25) is 0 Å². The van der Waals surface area contributed by atoms with E-state index in [4.69, 9.17) is 4.74 Å². The minimum Gasteiger partial charge on any atom is -0.469 e. The number of amides is 1. The first kappa shape index (κ1) is 18.4. The van der Waals surface area contributed by atoms with E-state index in [1.807, 2.05) is 0 Å². The third-order valence-corrected chi connectivity index (χ3v) is 5.14. The number of hydrogen-bond acceptors (Lipinski definition) is 6. The summed E-state index contributed by atoms with van der Waals surface area (Å²) in [6.45, 7) is 2.05. The number of nitrogens with one attached hydrogen (secondary N) is 1. The molecule has 0 spiro atoms. The molecule has 2 rings (SSSR count). The van der Waals surface area contributed by atoms with E-state index >= 15 is 0 Å². The van der Waals surface area contributed by atoms with E-state index in [-0.39, 0.29) is 24.7 Å². The van der Waals surface area contributed by atoms with Gasteiger partial charge in [0.15, 0.2) is 0 Å². The van der Waals surface area contributed by atoms with Crippen LogP contribution in [0.15, 0.2) is 0 Å². The topological polar surface area (TPSA) is 81.7 Å². The quantitative estimate of drug-likeness (QED) is 0.628. The Kier molecular flexibility index (Phi) is 6.78. The second-order valence-electron chi connectivity index (χ2n) is 5.61. The van der Waals surface area contributed by atoms with E-state index in [0.29, 0.717) is 17.2 Å². The van der Waals surface area contributed by atoms with E-state index in [2.05, 4.69) is 10.1 Å². The lowest BCUT2D eigenvalue weighted by atomic mass is 10.1. The van der Waals surface area contributed by atoms with Gasteiger partial charge in [-0.05, 0) is 38.2 Å². The van der Waals surface area contributed by atoms with Gasteiger partial charge in [0.05, 0.1) is 25.7 Å². The number of anilines is 1. The highest BCUT2D eigenvalue weighted by atomic mass is 32.1. The van der Waals surface area contributed by atoms with E-state index in [0.717, 1.165) is 42.5 Å². The third-order valence-electron chi connectivity index (χ3n) is 3.94. The zero-order chi connectivity index (χ0) is 17.5. The monoisotopic (exact) mass is 353 g/mol. The summed E-state index contributed by atoms with van der Waals surface area (Å²) >= 11 is 1.45. The predicted octanol–water partition coefficient (Wildman–Crippen LogP) is 3.09. The Morgan fingerprint density at radius 3 is 2.58 bits per heavy atom. The molecular formula is C17H23NO5S. The lowest BCUT2D eigenvalue weighted by Crippen LogP contribution is -2.16. The van der Waals surface area contributed by atoms with Crippen LogP contribution in [0.1, 0.15) is 59.8 Å². The number of hydrogen-bond donors (Lipinski definition) is 1. The Bertz CT molecular complexity index is 623. The Morgan fingerprint density at radius 1 is 1.12 bits per heavy atom. The summed E-state index contributed by atoms with van der Waals surface area (Å²) in [7, 11) is 1.29. The van der Waals surface area contributed by atoms with Gasteiger partial charge in [-0.2, -0.15) is 0 Å². The summed E-state index contributed by atoms with van der Waals surface area (Å²) in [6.07, 6.45) is 5.06. The molecular weight excluding hydrogens is 330 g/mol. The van der Waals surface area contributed by atoms with Crippen molar-refractivity contribution in [1.82, 2.24) is 0 Å². The molecule has 1 N–H and O–H groups in total. The number of carbonyl (C=O) groups is 3. The molecule has 0 radical (unpaired) electrons. The van der Waals surface area contributed by atoms with Crippen LogP contribution >= 0.6 is 11.3 Å². The van der Waals surface area contributed by atoms with E-state index < -0.39 is 5.97 Å². The summed E-state index contributed by atoms with van der Waals surface area (Å²) in [5, 5.41) is 3.32. The molecule has 0 atom stereocenters. The van der Waals surface area contributed by atoms with Crippen molar-refractivity contribution < 1.29 is 23.9 Å². The van der Waals surface area contributed by atoms with Crippen molar-refractivity contribution in [3.8, 4) is 0 Å². The number of thiophene rings is 1. The zero-order valence-electron chi connectivity index (χ0n) is 14.1. The zero-order valence-corrected chi connectivity index (χ0v) is 14.9. The molecule has 0 aromatic carbocycles. The van der Waals surface area contributed by atoms with Gasteiger partial charge < -0.3 is 14.8 Å². The number of methoxy groups -OCH3 is 1. The lowest BCUT2D eigenvalue weighted by Gasteiger charge is -2.08. The summed E-state index contributed by atoms with van der Waals surface area (Å²) < 4.78 is 9.71. The molecule has 1 aliphatic rings. The number of rotatable bonds is 6. The molecule has 1 heterocycles. The third kappa shape index (κ3) is 4.56. The molecule has 0 bridgehead atoms. The molecule has 24 heavy (non-hydrogen) atoms. The van der Waals surface area contributed by atoms with Gasteiger partial charge in [0.2, 0.25) is 5.91 Å². The number of aryl methyl sites for hydroxylation is 1. The van der Waals surface area contributed by atoms with Crippen LogP contribution in [0, 0.1) is 0 Å². The molecule has 1 amide bonds. The highest BCUT2D eigenvalue weighted by Gasteiger charge is 2.26. The van der Waals surface area contributed by atoms with Crippen molar-refractivity contribution in [2.45, 2.75) is 51.9 Å². The summed E-state index contributed by atoms with van der Waals surface area (Å²) in [5.41, 5.74) is 1.50. The van der Waals surface area contributed by atoms with Gasteiger partial charge in [-0.3, -0.25) is 9.59 Å². The van der Waals surface area contributed by atoms with Crippen molar-refractivity contribution >= 4 is 34.2 Å². The molecule has 0 saturated carbocycles. The minimum absolute atomic E-state index is 0.0160. The van der Waals surface area contributed by atoms with Crippen molar-refractivity contribution in [2.75, 3.05) is 19.0 Å². The summed E-state index contributed by atoms with van der Waals surface area (Å²) in [4.78, 5) is 36.8. The van der Waals surface area contributed by atoms with Crippen molar-refractivity contribution in [2.24, 2.45) is 0 Å². The van der Waals surface area contributed by atoms with Crippen molar-refractivity contribution in [1.29, 1.82) is 0 Å². The van der Waals surface area contributed by atoms with Gasteiger partial charge in [-0.15, -0.1) is 11.3 Å². The standard InChI is InChI=1S/C17H23NO5S/c1-3-23-17(21)15-11-7-5-4-6-8-12(11)24-16(15)18-13(19)9-10-14(20)22-2/h3-10H2,1-2H3,(H,18,19). The molecule has 0 fully saturated rings. The normalized spacial score (nSPS) is 13.6. The van der Waals surface area contributed by atoms with E-state index in [1.165, 1.54) is 18.4 Å². The first-order valence-electron chi connectivity index (χ1n) is 8.25. The minimum atomic E-state index is -0.433. The van der Waals surface area contributed by atoms with Crippen LogP contribution in [0.25, 0.3) is 0 Å². The van der Waals surface area contributed by atoms with Crippen LogP contribution in [0.3, 0.4) is 0 Å². The van der Waals surface area contributed by atoms with E-state index in [1.54, 1.807) is 6.92 Å². The van der Waals surface area contributed by atoms with Crippen LogP contribution < -0.4 is 5.32 Å². The summed E-state index contributed by atoms with van der Waals surface area (Å²) in [5.74, 6) is -1.12. The van der Waals surface area contributed by atoms with Crippen LogP contribution in [-0.2, 0) is 31.9 Å².